The lowest BCUT2D eigenvalue weighted by Crippen LogP contribution is -2.33. The quantitative estimate of drug-likeness (QED) is 0.379. The Bertz CT molecular complexity index is 450. The Morgan fingerprint density at radius 3 is 2.78 bits per heavy atom. The molecule has 0 atom stereocenters. The number of rotatable bonds is 5. The van der Waals surface area contributed by atoms with Crippen LogP contribution in [0.25, 0.3) is 0 Å². The average Bonchev–Trinajstić information content (AvgIpc) is 2.30. The van der Waals surface area contributed by atoms with Crippen LogP contribution in [-0.2, 0) is 0 Å². The van der Waals surface area contributed by atoms with Gasteiger partial charge in [0.25, 0.3) is 0 Å². The summed E-state index contributed by atoms with van der Waals surface area (Å²) in [5, 5.41) is 11.6. The second-order valence-corrected chi connectivity index (χ2v) is 5.40. The highest BCUT2D eigenvalue weighted by Gasteiger charge is 2.23. The summed E-state index contributed by atoms with van der Waals surface area (Å²) in [5.41, 5.74) is 5.11. The number of oxime groups is 1. The molecule has 0 aliphatic heterocycles. The van der Waals surface area contributed by atoms with Gasteiger partial charge in [-0.2, -0.15) is 0 Å². The molecular formula is C12H16BrFN2O2. The molecule has 0 saturated heterocycles. The first-order chi connectivity index (χ1) is 8.36. The van der Waals surface area contributed by atoms with Crippen LogP contribution >= 0.6 is 15.9 Å². The van der Waals surface area contributed by atoms with Gasteiger partial charge in [0.1, 0.15) is 17.4 Å². The summed E-state index contributed by atoms with van der Waals surface area (Å²) in [4.78, 5) is 0. The minimum Gasteiger partial charge on any atom is -0.492 e. The molecule has 0 heterocycles. The molecule has 0 bridgehead atoms. The van der Waals surface area contributed by atoms with Gasteiger partial charge in [-0.15, -0.1) is 0 Å². The normalized spacial score (nSPS) is 12.6. The summed E-state index contributed by atoms with van der Waals surface area (Å²) in [6.45, 7) is 4.09. The van der Waals surface area contributed by atoms with E-state index in [2.05, 4.69) is 21.1 Å². The van der Waals surface area contributed by atoms with E-state index in [1.54, 1.807) is 6.07 Å². The van der Waals surface area contributed by atoms with Crippen LogP contribution in [0.15, 0.2) is 27.8 Å². The maximum absolute atomic E-state index is 12.9. The van der Waals surface area contributed by atoms with E-state index < -0.39 is 5.41 Å². The molecule has 1 rings (SSSR count). The Balaban J connectivity index is 2.57. The van der Waals surface area contributed by atoms with E-state index in [4.69, 9.17) is 15.7 Å². The van der Waals surface area contributed by atoms with Crippen molar-refractivity contribution in [3.05, 3.63) is 28.5 Å². The Kier molecular flexibility index (Phi) is 4.95. The topological polar surface area (TPSA) is 67.8 Å². The van der Waals surface area contributed by atoms with E-state index in [9.17, 15) is 4.39 Å². The third-order valence-corrected chi connectivity index (χ3v) is 3.30. The molecule has 0 aliphatic carbocycles. The van der Waals surface area contributed by atoms with Gasteiger partial charge in [0.15, 0.2) is 0 Å². The standard InChI is InChI=1S/C12H16BrFN2O2/c1-12(2,11(15)16-17)5-6-18-10-4-3-8(14)7-9(10)13/h3-4,7,17H,5-6H2,1-2H3,(H2,15,16). The lowest BCUT2D eigenvalue weighted by molar-refractivity contribution is 0.258. The second-order valence-electron chi connectivity index (χ2n) is 4.54. The van der Waals surface area contributed by atoms with Crippen LogP contribution < -0.4 is 10.5 Å². The highest BCUT2D eigenvalue weighted by Crippen LogP contribution is 2.27. The van der Waals surface area contributed by atoms with Gasteiger partial charge in [-0.25, -0.2) is 4.39 Å². The molecule has 0 fully saturated rings. The molecule has 0 aromatic heterocycles. The van der Waals surface area contributed by atoms with E-state index in [-0.39, 0.29) is 11.7 Å². The number of hydrogen-bond donors (Lipinski definition) is 2. The number of amidine groups is 1. The lowest BCUT2D eigenvalue weighted by atomic mass is 9.88. The molecule has 0 unspecified atom stereocenters. The van der Waals surface area contributed by atoms with Crippen LogP contribution in [0.4, 0.5) is 4.39 Å². The summed E-state index contributed by atoms with van der Waals surface area (Å²) >= 11 is 3.22. The first-order valence-corrected chi connectivity index (χ1v) is 6.22. The molecule has 0 spiro atoms. The third-order valence-electron chi connectivity index (χ3n) is 2.68. The third kappa shape index (κ3) is 3.87. The molecule has 0 aliphatic rings. The summed E-state index contributed by atoms with van der Waals surface area (Å²) in [6, 6.07) is 4.22. The Labute approximate surface area is 114 Å². The highest BCUT2D eigenvalue weighted by atomic mass is 79.9. The minimum absolute atomic E-state index is 0.157. The molecular weight excluding hydrogens is 303 g/mol. The van der Waals surface area contributed by atoms with Gasteiger partial charge in [-0.3, -0.25) is 0 Å². The Morgan fingerprint density at radius 1 is 1.56 bits per heavy atom. The van der Waals surface area contributed by atoms with Gasteiger partial charge in [0.2, 0.25) is 0 Å². The van der Waals surface area contributed by atoms with Crippen LogP contribution in [0.3, 0.4) is 0 Å². The molecule has 0 saturated carbocycles. The average molecular weight is 319 g/mol. The predicted molar refractivity (Wildman–Crippen MR) is 71.4 cm³/mol. The van der Waals surface area contributed by atoms with E-state index in [1.807, 2.05) is 13.8 Å². The maximum atomic E-state index is 12.9. The van der Waals surface area contributed by atoms with Crippen LogP contribution in [-0.4, -0.2) is 17.6 Å². The van der Waals surface area contributed by atoms with Gasteiger partial charge in [-0.1, -0.05) is 19.0 Å². The molecule has 3 N–H and O–H groups in total. The van der Waals surface area contributed by atoms with Crippen molar-refractivity contribution in [2.24, 2.45) is 16.3 Å². The van der Waals surface area contributed by atoms with Crippen LogP contribution in [0.5, 0.6) is 5.75 Å². The van der Waals surface area contributed by atoms with Crippen molar-refractivity contribution in [1.82, 2.24) is 0 Å². The highest BCUT2D eigenvalue weighted by molar-refractivity contribution is 9.10. The van der Waals surface area contributed by atoms with E-state index in [1.165, 1.54) is 12.1 Å². The van der Waals surface area contributed by atoms with Gasteiger partial charge >= 0.3 is 0 Å². The number of nitrogens with zero attached hydrogens (tertiary/aromatic N) is 1. The maximum Gasteiger partial charge on any atom is 0.144 e. The van der Waals surface area contributed by atoms with Crippen LogP contribution in [0, 0.1) is 11.2 Å². The number of hydrogen-bond acceptors (Lipinski definition) is 3. The first-order valence-electron chi connectivity index (χ1n) is 5.42. The summed E-state index contributed by atoms with van der Waals surface area (Å²) in [7, 11) is 0. The fraction of sp³-hybridized carbons (Fsp3) is 0.417. The van der Waals surface area contributed by atoms with Gasteiger partial charge in [0.05, 0.1) is 11.1 Å². The summed E-state index contributed by atoms with van der Waals surface area (Å²) in [5.74, 6) is 0.391. The molecule has 6 heteroatoms. The Hall–Kier alpha value is -1.30. The molecule has 1 aromatic rings. The fourth-order valence-corrected chi connectivity index (χ4v) is 1.74. The SMILES string of the molecule is CC(C)(CCOc1ccc(F)cc1Br)C(N)=NO. The first kappa shape index (κ1) is 14.8. The van der Waals surface area contributed by atoms with E-state index in [0.717, 1.165) is 0 Å². The van der Waals surface area contributed by atoms with Crippen LogP contribution in [0.2, 0.25) is 0 Å². The number of ether oxygens (including phenoxy) is 1. The van der Waals surface area contributed by atoms with E-state index >= 15 is 0 Å². The molecule has 0 amide bonds. The van der Waals surface area contributed by atoms with Crippen molar-refractivity contribution in [3.63, 3.8) is 0 Å². The van der Waals surface area contributed by atoms with Gasteiger partial charge in [-0.05, 0) is 40.5 Å². The summed E-state index contributed by atoms with van der Waals surface area (Å²) < 4.78 is 18.9. The van der Waals surface area contributed by atoms with Crippen molar-refractivity contribution < 1.29 is 14.3 Å². The van der Waals surface area contributed by atoms with Crippen molar-refractivity contribution in [3.8, 4) is 5.75 Å². The Morgan fingerprint density at radius 2 is 2.22 bits per heavy atom. The number of nitrogens with two attached hydrogens (primary N) is 1. The lowest BCUT2D eigenvalue weighted by Gasteiger charge is -2.22. The largest absolute Gasteiger partial charge is 0.492 e. The van der Waals surface area contributed by atoms with Crippen molar-refractivity contribution in [2.45, 2.75) is 20.3 Å². The monoisotopic (exact) mass is 318 g/mol. The molecule has 0 radical (unpaired) electrons. The zero-order chi connectivity index (χ0) is 13.8. The zero-order valence-electron chi connectivity index (χ0n) is 10.3. The van der Waals surface area contributed by atoms with Crippen molar-refractivity contribution in [2.75, 3.05) is 6.61 Å². The molecule has 100 valence electrons. The van der Waals surface area contributed by atoms with Crippen LogP contribution in [0.1, 0.15) is 20.3 Å². The molecule has 18 heavy (non-hydrogen) atoms. The number of halogens is 2. The zero-order valence-corrected chi connectivity index (χ0v) is 11.9. The van der Waals surface area contributed by atoms with Crippen molar-refractivity contribution in [1.29, 1.82) is 0 Å². The van der Waals surface area contributed by atoms with Gasteiger partial charge < -0.3 is 15.7 Å². The van der Waals surface area contributed by atoms with Gasteiger partial charge in [0, 0.05) is 5.41 Å². The second kappa shape index (κ2) is 6.04. The van der Waals surface area contributed by atoms with E-state index in [0.29, 0.717) is 23.2 Å². The minimum atomic E-state index is -0.457. The number of benzene rings is 1. The molecule has 4 nitrogen and oxygen atoms in total. The molecule has 1 aromatic carbocycles. The predicted octanol–water partition coefficient (Wildman–Crippen LogP) is 3.13. The van der Waals surface area contributed by atoms with Crippen molar-refractivity contribution >= 4 is 21.8 Å². The fourth-order valence-electron chi connectivity index (χ4n) is 1.27. The summed E-state index contributed by atoms with van der Waals surface area (Å²) in [6.07, 6.45) is 0.576. The smallest absolute Gasteiger partial charge is 0.144 e.